The van der Waals surface area contributed by atoms with Gasteiger partial charge in [0.1, 0.15) is 0 Å². The van der Waals surface area contributed by atoms with Gasteiger partial charge in [0.15, 0.2) is 5.78 Å². The summed E-state index contributed by atoms with van der Waals surface area (Å²) in [5.74, 6) is -2.47. The van der Waals surface area contributed by atoms with Crippen LogP contribution in [0.15, 0.2) is 41.3 Å². The van der Waals surface area contributed by atoms with Crippen molar-refractivity contribution < 1.29 is 22.8 Å². The lowest BCUT2D eigenvalue weighted by Crippen LogP contribution is -2.44. The van der Waals surface area contributed by atoms with E-state index in [1.54, 1.807) is 18.2 Å². The molecule has 0 saturated carbocycles. The second kappa shape index (κ2) is 11.8. The van der Waals surface area contributed by atoms with Crippen molar-refractivity contribution in [2.24, 2.45) is 11.8 Å². The van der Waals surface area contributed by atoms with Crippen LogP contribution in [0.3, 0.4) is 0 Å². The van der Waals surface area contributed by atoms with Crippen molar-refractivity contribution in [1.29, 1.82) is 0 Å². The highest BCUT2D eigenvalue weighted by atomic mass is 32.2. The number of rotatable bonds is 8. The van der Waals surface area contributed by atoms with Crippen LogP contribution < -0.4 is 10.0 Å². The Labute approximate surface area is 204 Å². The molecule has 2 N–H and O–H groups in total. The maximum atomic E-state index is 13.3. The minimum atomic E-state index is -3.91. The third-order valence-corrected chi connectivity index (χ3v) is 8.11. The molecule has 1 aliphatic heterocycles. The number of aromatic nitrogens is 1. The van der Waals surface area contributed by atoms with Crippen LogP contribution in [-0.4, -0.2) is 42.9 Å². The van der Waals surface area contributed by atoms with Crippen molar-refractivity contribution in [3.8, 4) is 0 Å². The van der Waals surface area contributed by atoms with Crippen LogP contribution in [0, 0.1) is 11.8 Å². The van der Waals surface area contributed by atoms with Gasteiger partial charge in [0.2, 0.25) is 15.8 Å². The second-order valence-corrected chi connectivity index (χ2v) is 11.6. The molecule has 1 amide bonds. The van der Waals surface area contributed by atoms with E-state index in [2.05, 4.69) is 14.4 Å². The molecule has 2 bridgehead atoms. The molecule has 2 atom stereocenters. The summed E-state index contributed by atoms with van der Waals surface area (Å²) in [6, 6.07) is 8.89. The Balaban J connectivity index is 1.76. The predicted molar refractivity (Wildman–Crippen MR) is 130 cm³/mol. The van der Waals surface area contributed by atoms with Crippen LogP contribution in [0.2, 0.25) is 0 Å². The van der Waals surface area contributed by atoms with E-state index in [9.17, 15) is 22.8 Å². The molecule has 0 saturated heterocycles. The first-order chi connectivity index (χ1) is 16.2. The van der Waals surface area contributed by atoms with Gasteiger partial charge in [-0.1, -0.05) is 32.0 Å². The second-order valence-electron chi connectivity index (χ2n) is 9.03. The number of nitrogens with one attached hydrogen (secondary N) is 2. The molecule has 0 spiro atoms. The number of hydrogen-bond donors (Lipinski definition) is 2. The van der Waals surface area contributed by atoms with Gasteiger partial charge < -0.3 is 5.32 Å². The summed E-state index contributed by atoms with van der Waals surface area (Å²) >= 11 is 1.39. The minimum absolute atomic E-state index is 0.0431. The van der Waals surface area contributed by atoms with E-state index in [0.29, 0.717) is 38.6 Å². The number of nitrogens with zero attached hydrogens (tertiary/aromatic N) is 1. The Hall–Kier alpha value is -2.43. The standard InChI is InChI=1S/C24H31N3O5S2/c1-16(2)13-21(27-34(31,32)20-9-4-3-5-10-20)22(28)14-17-7-6-8-18-15-19(33-26-18)11-12-25-24(30)23(17)29/h3-5,9-10,15-17,21,27H,6-8,11-14H2,1-2H3,(H,25,30). The van der Waals surface area contributed by atoms with Crippen LogP contribution in [0.25, 0.3) is 0 Å². The molecule has 3 rings (SSSR count). The first-order valence-electron chi connectivity index (χ1n) is 11.5. The zero-order valence-electron chi connectivity index (χ0n) is 19.5. The average Bonchev–Trinajstić information content (AvgIpc) is 3.24. The molecular formula is C24H31N3O5S2. The molecule has 1 aromatic heterocycles. The van der Waals surface area contributed by atoms with E-state index in [0.717, 1.165) is 10.6 Å². The molecule has 0 radical (unpaired) electrons. The first-order valence-corrected chi connectivity index (χ1v) is 13.8. The van der Waals surface area contributed by atoms with E-state index < -0.39 is 33.7 Å². The topological polar surface area (TPSA) is 122 Å². The monoisotopic (exact) mass is 505 g/mol. The number of carbonyl (C=O) groups is 3. The van der Waals surface area contributed by atoms with E-state index in [1.807, 2.05) is 19.9 Å². The number of Topliss-reactive ketones (excluding diaryl/α,β-unsaturated/α-hetero) is 2. The van der Waals surface area contributed by atoms with E-state index >= 15 is 0 Å². The maximum absolute atomic E-state index is 13.3. The average molecular weight is 506 g/mol. The molecular weight excluding hydrogens is 474 g/mol. The van der Waals surface area contributed by atoms with Gasteiger partial charge in [0.05, 0.1) is 16.6 Å². The summed E-state index contributed by atoms with van der Waals surface area (Å²) < 4.78 is 32.6. The number of amides is 1. The number of fused-ring (bicyclic) bond motifs is 2. The highest BCUT2D eigenvalue weighted by Gasteiger charge is 2.32. The van der Waals surface area contributed by atoms with Crippen molar-refractivity contribution in [2.45, 2.75) is 63.3 Å². The molecule has 2 aromatic rings. The summed E-state index contributed by atoms with van der Waals surface area (Å²) in [4.78, 5) is 39.7. The van der Waals surface area contributed by atoms with Crippen molar-refractivity contribution >= 4 is 39.0 Å². The predicted octanol–water partition coefficient (Wildman–Crippen LogP) is 2.68. The van der Waals surface area contributed by atoms with Crippen molar-refractivity contribution in [3.63, 3.8) is 0 Å². The molecule has 2 unspecified atom stereocenters. The Kier molecular flexibility index (Phi) is 9.10. The summed E-state index contributed by atoms with van der Waals surface area (Å²) in [6.07, 6.45) is 2.31. The largest absolute Gasteiger partial charge is 0.349 e. The maximum Gasteiger partial charge on any atom is 0.287 e. The van der Waals surface area contributed by atoms with Crippen molar-refractivity contribution in [2.75, 3.05) is 6.54 Å². The zero-order valence-corrected chi connectivity index (χ0v) is 21.1. The third-order valence-electron chi connectivity index (χ3n) is 5.74. The zero-order chi connectivity index (χ0) is 24.7. The fourth-order valence-corrected chi connectivity index (χ4v) is 5.99. The quantitative estimate of drug-likeness (QED) is 0.532. The SMILES string of the molecule is CC(C)CC(NS(=O)(=O)c1ccccc1)C(=O)CC1CCCc2cc(sn2)CCNC(=O)C1=O. The van der Waals surface area contributed by atoms with Crippen LogP contribution in [0.4, 0.5) is 0 Å². The normalized spacial score (nSPS) is 18.6. The molecule has 34 heavy (non-hydrogen) atoms. The molecule has 1 aromatic carbocycles. The van der Waals surface area contributed by atoms with Crippen LogP contribution >= 0.6 is 11.5 Å². The lowest BCUT2D eigenvalue weighted by molar-refractivity contribution is -0.141. The third kappa shape index (κ3) is 7.28. The smallest absolute Gasteiger partial charge is 0.287 e. The van der Waals surface area contributed by atoms with Gasteiger partial charge in [-0.2, -0.15) is 4.37 Å². The van der Waals surface area contributed by atoms with Gasteiger partial charge in [0.25, 0.3) is 5.91 Å². The lowest BCUT2D eigenvalue weighted by Gasteiger charge is -2.22. The lowest BCUT2D eigenvalue weighted by atomic mass is 9.87. The fourth-order valence-electron chi connectivity index (χ4n) is 3.98. The van der Waals surface area contributed by atoms with E-state index in [-0.39, 0.29) is 23.0 Å². The van der Waals surface area contributed by atoms with Crippen molar-refractivity contribution in [3.05, 3.63) is 47.0 Å². The van der Waals surface area contributed by atoms with Crippen LogP contribution in [0.1, 0.15) is 50.1 Å². The van der Waals surface area contributed by atoms with Gasteiger partial charge in [-0.3, -0.25) is 14.4 Å². The molecule has 184 valence electrons. The fraction of sp³-hybridized carbons (Fsp3) is 0.500. The molecule has 0 fully saturated rings. The van der Waals surface area contributed by atoms with E-state index in [1.165, 1.54) is 23.7 Å². The summed E-state index contributed by atoms with van der Waals surface area (Å²) in [5, 5.41) is 2.64. The first kappa shape index (κ1) is 26.2. The van der Waals surface area contributed by atoms with Gasteiger partial charge in [-0.25, -0.2) is 13.1 Å². The molecule has 0 aliphatic carbocycles. The Bertz CT molecular complexity index is 1110. The van der Waals surface area contributed by atoms with Gasteiger partial charge in [-0.15, -0.1) is 0 Å². The number of hydrogen-bond acceptors (Lipinski definition) is 7. The molecule has 1 aliphatic rings. The molecule has 2 heterocycles. The van der Waals surface area contributed by atoms with Crippen molar-refractivity contribution in [1.82, 2.24) is 14.4 Å². The Morgan fingerprint density at radius 2 is 1.94 bits per heavy atom. The minimum Gasteiger partial charge on any atom is -0.349 e. The molecule has 8 nitrogen and oxygen atoms in total. The number of sulfonamides is 1. The van der Waals surface area contributed by atoms with Gasteiger partial charge in [-0.05, 0) is 61.3 Å². The highest BCUT2D eigenvalue weighted by Crippen LogP contribution is 2.21. The van der Waals surface area contributed by atoms with E-state index in [4.69, 9.17) is 0 Å². The summed E-state index contributed by atoms with van der Waals surface area (Å²) in [7, 11) is -3.91. The van der Waals surface area contributed by atoms with Crippen LogP contribution in [0.5, 0.6) is 0 Å². The number of benzene rings is 1. The van der Waals surface area contributed by atoms with Gasteiger partial charge in [0, 0.05) is 30.2 Å². The number of aryl methyl sites for hydroxylation is 1. The molecule has 10 heteroatoms. The highest BCUT2D eigenvalue weighted by molar-refractivity contribution is 7.89. The van der Waals surface area contributed by atoms with Crippen LogP contribution in [-0.2, 0) is 37.2 Å². The summed E-state index contributed by atoms with van der Waals surface area (Å²) in [5.41, 5.74) is 0.942. The Morgan fingerprint density at radius 1 is 1.21 bits per heavy atom. The number of carbonyl (C=O) groups excluding carboxylic acids is 3. The van der Waals surface area contributed by atoms with Gasteiger partial charge >= 0.3 is 0 Å². The number of ketones is 2. The Morgan fingerprint density at radius 3 is 2.65 bits per heavy atom. The summed E-state index contributed by atoms with van der Waals surface area (Å²) in [6.45, 7) is 4.11.